The lowest BCUT2D eigenvalue weighted by Gasteiger charge is -2.26. The highest BCUT2D eigenvalue weighted by atomic mass is 16.8. The zero-order valence-corrected chi connectivity index (χ0v) is 10.5. The van der Waals surface area contributed by atoms with E-state index in [9.17, 15) is 9.90 Å². The van der Waals surface area contributed by atoms with Crippen LogP contribution in [0.25, 0.3) is 0 Å². The number of hydrogen-bond acceptors (Lipinski definition) is 7. The van der Waals surface area contributed by atoms with Crippen LogP contribution in [-0.2, 0) is 23.7 Å². The van der Waals surface area contributed by atoms with E-state index in [-0.39, 0.29) is 39.6 Å². The van der Waals surface area contributed by atoms with Crippen LogP contribution in [0, 0.1) is 0 Å². The Morgan fingerprint density at radius 2 is 2.00 bits per heavy atom. The first-order valence-electron chi connectivity index (χ1n) is 5.56. The van der Waals surface area contributed by atoms with Gasteiger partial charge >= 0.3 is 11.9 Å². The minimum Gasteiger partial charge on any atom is -0.403 e. The molecule has 2 N–H and O–H groups in total. The van der Waals surface area contributed by atoms with Gasteiger partial charge in [0.15, 0.2) is 0 Å². The molecule has 0 aromatic heterocycles. The average Bonchev–Trinajstić information content (AvgIpc) is 2.33. The molecule has 0 fully saturated rings. The first-order chi connectivity index (χ1) is 8.58. The summed E-state index contributed by atoms with van der Waals surface area (Å²) in [5.41, 5.74) is 0. The summed E-state index contributed by atoms with van der Waals surface area (Å²) >= 11 is 0. The fourth-order valence-electron chi connectivity index (χ4n) is 1.01. The number of rotatable bonds is 11. The second-order valence-electron chi connectivity index (χ2n) is 3.16. The van der Waals surface area contributed by atoms with Gasteiger partial charge in [-0.05, 0) is 6.92 Å². The van der Waals surface area contributed by atoms with Crippen LogP contribution < -0.4 is 0 Å². The molecule has 18 heavy (non-hydrogen) atoms. The van der Waals surface area contributed by atoms with Crippen LogP contribution in [0.1, 0.15) is 6.92 Å². The van der Waals surface area contributed by atoms with Gasteiger partial charge < -0.3 is 29.2 Å². The van der Waals surface area contributed by atoms with Crippen molar-refractivity contribution in [2.45, 2.75) is 12.9 Å². The van der Waals surface area contributed by atoms with Gasteiger partial charge in [0.1, 0.15) is 6.61 Å². The van der Waals surface area contributed by atoms with E-state index >= 15 is 0 Å². The van der Waals surface area contributed by atoms with Gasteiger partial charge in [-0.3, -0.25) is 0 Å². The Labute approximate surface area is 106 Å². The molecular weight excluding hydrogens is 244 g/mol. The summed E-state index contributed by atoms with van der Waals surface area (Å²) in [4.78, 5) is 11.0. The summed E-state index contributed by atoms with van der Waals surface area (Å²) < 4.78 is 19.5. The maximum atomic E-state index is 11.0. The van der Waals surface area contributed by atoms with Crippen molar-refractivity contribution in [3.05, 3.63) is 12.7 Å². The van der Waals surface area contributed by atoms with E-state index in [4.69, 9.17) is 19.3 Å². The number of esters is 1. The number of aliphatic hydroxyl groups is 2. The molecule has 0 saturated heterocycles. The third-order valence-electron chi connectivity index (χ3n) is 1.69. The fraction of sp³-hybridized carbons (Fsp3) is 0.727. The fourth-order valence-corrected chi connectivity index (χ4v) is 1.01. The largest absolute Gasteiger partial charge is 0.403 e. The van der Waals surface area contributed by atoms with Crippen LogP contribution in [-0.4, -0.2) is 61.8 Å². The number of carbonyl (C=O) groups excluding carboxylic acids is 1. The lowest BCUT2D eigenvalue weighted by molar-refractivity contribution is -0.355. The van der Waals surface area contributed by atoms with E-state index in [2.05, 4.69) is 11.3 Å². The van der Waals surface area contributed by atoms with Crippen molar-refractivity contribution in [3.8, 4) is 0 Å². The molecule has 106 valence electrons. The maximum Gasteiger partial charge on any atom is 0.351 e. The third-order valence-corrected chi connectivity index (χ3v) is 1.69. The molecule has 0 saturated carbocycles. The van der Waals surface area contributed by atoms with Crippen LogP contribution in [0.3, 0.4) is 0 Å². The Hall–Kier alpha value is -0.990. The predicted molar refractivity (Wildman–Crippen MR) is 61.6 cm³/mol. The van der Waals surface area contributed by atoms with Crippen molar-refractivity contribution in [2.75, 3.05) is 39.6 Å². The van der Waals surface area contributed by atoms with E-state index in [1.807, 2.05) is 0 Å². The van der Waals surface area contributed by atoms with Gasteiger partial charge in [-0.25, -0.2) is 4.79 Å². The molecule has 0 aliphatic rings. The summed E-state index contributed by atoms with van der Waals surface area (Å²) in [6.07, 6.45) is 0.911. The monoisotopic (exact) mass is 264 g/mol. The third kappa shape index (κ3) is 8.15. The molecular formula is C11H20O7. The maximum absolute atomic E-state index is 11.0. The van der Waals surface area contributed by atoms with E-state index in [0.29, 0.717) is 0 Å². The number of hydrogen-bond donors (Lipinski definition) is 2. The van der Waals surface area contributed by atoms with Gasteiger partial charge in [-0.2, -0.15) is 0 Å². The Kier molecular flexibility index (Phi) is 9.43. The number of aliphatic hydroxyl groups excluding tert-OH is 1. The molecule has 0 aliphatic heterocycles. The zero-order chi connectivity index (χ0) is 13.9. The summed E-state index contributed by atoms with van der Waals surface area (Å²) in [7, 11) is 0. The SMILES string of the molecule is C=CC(=O)OC(O)(COCCOCCO)OCC. The standard InChI is InChI=1S/C11H20O7/c1-3-10(13)18-11(14,17-4-2)9-16-8-7-15-6-5-12/h3,12,14H,1,4-9H2,2H3. The summed E-state index contributed by atoms with van der Waals surface area (Å²) in [5, 5.41) is 18.3. The van der Waals surface area contributed by atoms with Crippen LogP contribution in [0.15, 0.2) is 12.7 Å². The lowest BCUT2D eigenvalue weighted by atomic mass is 10.5. The van der Waals surface area contributed by atoms with Gasteiger partial charge in [0.25, 0.3) is 0 Å². The molecule has 0 bridgehead atoms. The van der Waals surface area contributed by atoms with E-state index in [1.54, 1.807) is 6.92 Å². The minimum absolute atomic E-state index is 0.0696. The summed E-state index contributed by atoms with van der Waals surface area (Å²) in [6, 6.07) is 0. The molecule has 0 amide bonds. The molecule has 1 unspecified atom stereocenters. The summed E-state index contributed by atoms with van der Waals surface area (Å²) in [6.45, 7) is 5.20. The van der Waals surface area contributed by atoms with Gasteiger partial charge in [0, 0.05) is 6.08 Å². The number of ether oxygens (including phenoxy) is 4. The van der Waals surface area contributed by atoms with Crippen molar-refractivity contribution < 1.29 is 34.0 Å². The normalized spacial score (nSPS) is 13.9. The van der Waals surface area contributed by atoms with Gasteiger partial charge in [-0.15, -0.1) is 0 Å². The van der Waals surface area contributed by atoms with E-state index in [1.165, 1.54) is 0 Å². The molecule has 0 heterocycles. The second kappa shape index (κ2) is 9.98. The van der Waals surface area contributed by atoms with Crippen molar-refractivity contribution in [2.24, 2.45) is 0 Å². The molecule has 7 heteroatoms. The second-order valence-corrected chi connectivity index (χ2v) is 3.16. The topological polar surface area (TPSA) is 94.5 Å². The molecule has 0 spiro atoms. The molecule has 0 radical (unpaired) electrons. The predicted octanol–water partition coefficient (Wildman–Crippen LogP) is -0.576. The van der Waals surface area contributed by atoms with Crippen molar-refractivity contribution in [1.82, 2.24) is 0 Å². The minimum atomic E-state index is -2.13. The van der Waals surface area contributed by atoms with Crippen LogP contribution in [0.5, 0.6) is 0 Å². The molecule has 0 aromatic rings. The Bertz CT molecular complexity index is 244. The molecule has 7 nitrogen and oxygen atoms in total. The molecule has 1 atom stereocenters. The Morgan fingerprint density at radius 1 is 1.33 bits per heavy atom. The summed E-state index contributed by atoms with van der Waals surface area (Å²) in [5.74, 6) is -2.94. The van der Waals surface area contributed by atoms with Crippen molar-refractivity contribution in [3.63, 3.8) is 0 Å². The van der Waals surface area contributed by atoms with Crippen LogP contribution in [0.2, 0.25) is 0 Å². The number of carbonyl (C=O) groups is 1. The van der Waals surface area contributed by atoms with Crippen molar-refractivity contribution in [1.29, 1.82) is 0 Å². The first-order valence-corrected chi connectivity index (χ1v) is 5.56. The van der Waals surface area contributed by atoms with Crippen molar-refractivity contribution >= 4 is 5.97 Å². The Morgan fingerprint density at radius 3 is 2.56 bits per heavy atom. The highest BCUT2D eigenvalue weighted by Crippen LogP contribution is 2.10. The van der Waals surface area contributed by atoms with E-state index < -0.39 is 11.9 Å². The average molecular weight is 264 g/mol. The quantitative estimate of drug-likeness (QED) is 0.223. The molecule has 0 aromatic carbocycles. The smallest absolute Gasteiger partial charge is 0.351 e. The van der Waals surface area contributed by atoms with Gasteiger partial charge in [0.05, 0.1) is 33.0 Å². The van der Waals surface area contributed by atoms with Gasteiger partial charge in [0.2, 0.25) is 0 Å². The lowest BCUT2D eigenvalue weighted by Crippen LogP contribution is -2.42. The van der Waals surface area contributed by atoms with E-state index in [0.717, 1.165) is 6.08 Å². The van der Waals surface area contributed by atoms with Gasteiger partial charge in [-0.1, -0.05) is 6.58 Å². The molecule has 0 aliphatic carbocycles. The van der Waals surface area contributed by atoms with Crippen LogP contribution >= 0.6 is 0 Å². The first kappa shape index (κ1) is 17.0. The highest BCUT2D eigenvalue weighted by molar-refractivity contribution is 5.81. The van der Waals surface area contributed by atoms with Crippen LogP contribution in [0.4, 0.5) is 0 Å². The molecule has 0 rings (SSSR count). The highest BCUT2D eigenvalue weighted by Gasteiger charge is 2.32. The zero-order valence-electron chi connectivity index (χ0n) is 10.5. The Balaban J connectivity index is 3.94.